The van der Waals surface area contributed by atoms with Crippen molar-refractivity contribution in [1.29, 1.82) is 0 Å². The SMILES string of the molecule is Cn1c(=O)cc2c3c(c(NS(=O)(=O)c4ccccc4)ccc31)C(=O)c1ccccc1-2. The van der Waals surface area contributed by atoms with Crippen LogP contribution in [0, 0.1) is 0 Å². The van der Waals surface area contributed by atoms with Gasteiger partial charge in [0.25, 0.3) is 15.6 Å². The third-order valence-electron chi connectivity index (χ3n) is 5.40. The summed E-state index contributed by atoms with van der Waals surface area (Å²) in [6, 6.07) is 19.7. The third-order valence-corrected chi connectivity index (χ3v) is 6.78. The highest BCUT2D eigenvalue weighted by atomic mass is 32.2. The summed E-state index contributed by atoms with van der Waals surface area (Å²) in [6.07, 6.45) is 0. The molecule has 0 atom stereocenters. The number of nitrogens with one attached hydrogen (secondary N) is 1. The maximum atomic E-state index is 13.4. The summed E-state index contributed by atoms with van der Waals surface area (Å²) >= 11 is 0. The van der Waals surface area contributed by atoms with Crippen LogP contribution in [0.4, 0.5) is 5.69 Å². The van der Waals surface area contributed by atoms with Crippen LogP contribution in [-0.4, -0.2) is 18.8 Å². The standard InChI is InChI=1S/C23H16N2O4S/c1-25-19-12-11-18(24-30(28,29)14-7-3-2-4-8-14)22-21(19)17(13-20(25)26)15-9-5-6-10-16(15)23(22)27/h2-13,24H,1H3. The Hall–Kier alpha value is -3.71. The molecule has 1 aromatic heterocycles. The highest BCUT2D eigenvalue weighted by Gasteiger charge is 2.30. The number of carbonyl (C=O) groups is 1. The molecule has 7 heteroatoms. The molecule has 0 saturated carbocycles. The monoisotopic (exact) mass is 416 g/mol. The highest BCUT2D eigenvalue weighted by Crippen LogP contribution is 2.41. The van der Waals surface area contributed by atoms with Crippen molar-refractivity contribution in [2.24, 2.45) is 7.05 Å². The third kappa shape index (κ3) is 2.59. The summed E-state index contributed by atoms with van der Waals surface area (Å²) in [5.74, 6) is -0.284. The summed E-state index contributed by atoms with van der Waals surface area (Å²) in [5.41, 5.74) is 2.52. The van der Waals surface area contributed by atoms with Gasteiger partial charge in [0.15, 0.2) is 5.78 Å². The first kappa shape index (κ1) is 18.3. The van der Waals surface area contributed by atoms with Crippen molar-refractivity contribution in [3.05, 3.63) is 94.3 Å². The lowest BCUT2D eigenvalue weighted by molar-refractivity contribution is 0.104. The molecule has 0 aliphatic heterocycles. The Bertz CT molecular complexity index is 1520. The van der Waals surface area contributed by atoms with Gasteiger partial charge in [-0.05, 0) is 35.4 Å². The van der Waals surface area contributed by atoms with Crippen LogP contribution in [0.2, 0.25) is 0 Å². The maximum Gasteiger partial charge on any atom is 0.261 e. The van der Waals surface area contributed by atoms with Crippen molar-refractivity contribution in [1.82, 2.24) is 4.57 Å². The molecule has 148 valence electrons. The Morgan fingerprint density at radius 1 is 0.800 bits per heavy atom. The fourth-order valence-corrected chi connectivity index (χ4v) is 5.04. The second-order valence-corrected chi connectivity index (χ2v) is 8.81. The maximum absolute atomic E-state index is 13.4. The van der Waals surface area contributed by atoms with Gasteiger partial charge >= 0.3 is 0 Å². The predicted molar refractivity (Wildman–Crippen MR) is 115 cm³/mol. The van der Waals surface area contributed by atoms with Crippen molar-refractivity contribution >= 4 is 32.4 Å². The molecule has 6 nitrogen and oxygen atoms in total. The first-order chi connectivity index (χ1) is 14.4. The first-order valence-corrected chi connectivity index (χ1v) is 10.8. The molecule has 30 heavy (non-hydrogen) atoms. The van der Waals surface area contributed by atoms with Gasteiger partial charge in [0.1, 0.15) is 0 Å². The summed E-state index contributed by atoms with van der Waals surface area (Å²) in [5, 5.41) is 0.564. The Morgan fingerprint density at radius 3 is 2.20 bits per heavy atom. The molecule has 3 aromatic carbocycles. The minimum Gasteiger partial charge on any atom is -0.311 e. The molecule has 1 N–H and O–H groups in total. The van der Waals surface area contributed by atoms with Crippen molar-refractivity contribution in [3.63, 3.8) is 0 Å². The molecule has 0 amide bonds. The van der Waals surface area contributed by atoms with E-state index in [2.05, 4.69) is 4.72 Å². The van der Waals surface area contributed by atoms with E-state index in [1.165, 1.54) is 28.8 Å². The number of aryl methyl sites for hydroxylation is 1. The molecule has 4 aromatic rings. The second-order valence-electron chi connectivity index (χ2n) is 7.13. The number of sulfonamides is 1. The number of ketones is 1. The van der Waals surface area contributed by atoms with Gasteiger partial charge in [0, 0.05) is 24.1 Å². The average molecular weight is 416 g/mol. The van der Waals surface area contributed by atoms with Gasteiger partial charge < -0.3 is 4.57 Å². The normalized spacial score (nSPS) is 12.6. The van der Waals surface area contributed by atoms with E-state index in [0.29, 0.717) is 27.6 Å². The van der Waals surface area contributed by atoms with Gasteiger partial charge in [-0.2, -0.15) is 0 Å². The van der Waals surface area contributed by atoms with Crippen molar-refractivity contribution in [2.45, 2.75) is 4.90 Å². The highest BCUT2D eigenvalue weighted by molar-refractivity contribution is 7.92. The largest absolute Gasteiger partial charge is 0.311 e. The van der Waals surface area contributed by atoms with E-state index in [-0.39, 0.29) is 27.5 Å². The molecule has 0 saturated heterocycles. The summed E-state index contributed by atoms with van der Waals surface area (Å²) in [6.45, 7) is 0. The Kier molecular flexibility index (Phi) is 3.91. The lowest BCUT2D eigenvalue weighted by Gasteiger charge is -2.23. The molecule has 0 fully saturated rings. The van der Waals surface area contributed by atoms with E-state index in [4.69, 9.17) is 0 Å². The van der Waals surface area contributed by atoms with Crippen molar-refractivity contribution in [3.8, 4) is 11.1 Å². The van der Waals surface area contributed by atoms with Gasteiger partial charge in [-0.25, -0.2) is 8.42 Å². The summed E-state index contributed by atoms with van der Waals surface area (Å²) < 4.78 is 29.8. The number of pyridine rings is 1. The quantitative estimate of drug-likeness (QED) is 0.487. The number of fused-ring (bicyclic) bond motifs is 2. The number of hydrogen-bond acceptors (Lipinski definition) is 4. The topological polar surface area (TPSA) is 85.2 Å². The van der Waals surface area contributed by atoms with Crippen LogP contribution in [0.3, 0.4) is 0 Å². The minimum absolute atomic E-state index is 0.0987. The van der Waals surface area contributed by atoms with Crippen LogP contribution in [0.5, 0.6) is 0 Å². The lowest BCUT2D eigenvalue weighted by Crippen LogP contribution is -2.22. The van der Waals surface area contributed by atoms with Gasteiger partial charge in [-0.3, -0.25) is 14.3 Å². The number of anilines is 1. The van der Waals surface area contributed by atoms with E-state index in [9.17, 15) is 18.0 Å². The van der Waals surface area contributed by atoms with E-state index < -0.39 is 10.0 Å². The van der Waals surface area contributed by atoms with Gasteiger partial charge in [-0.1, -0.05) is 42.5 Å². The summed E-state index contributed by atoms with van der Waals surface area (Å²) in [4.78, 5) is 26.0. The fraction of sp³-hybridized carbons (Fsp3) is 0.0435. The summed E-state index contributed by atoms with van der Waals surface area (Å²) in [7, 11) is -2.26. The second kappa shape index (κ2) is 6.40. The fourth-order valence-electron chi connectivity index (χ4n) is 3.94. The van der Waals surface area contributed by atoms with Crippen LogP contribution in [0.15, 0.2) is 82.5 Å². The molecular weight excluding hydrogens is 400 g/mol. The van der Waals surface area contributed by atoms with Crippen molar-refractivity contribution < 1.29 is 13.2 Å². The molecule has 0 bridgehead atoms. The Morgan fingerprint density at radius 2 is 1.47 bits per heavy atom. The van der Waals surface area contributed by atoms with Crippen LogP contribution < -0.4 is 10.3 Å². The van der Waals surface area contributed by atoms with Crippen LogP contribution in [0.25, 0.3) is 22.0 Å². The van der Waals surface area contributed by atoms with E-state index in [1.54, 1.807) is 49.5 Å². The van der Waals surface area contributed by atoms with E-state index >= 15 is 0 Å². The molecule has 5 rings (SSSR count). The van der Waals surface area contributed by atoms with Crippen LogP contribution in [0.1, 0.15) is 15.9 Å². The lowest BCUT2D eigenvalue weighted by atomic mass is 9.83. The molecule has 1 aliphatic rings. The number of benzene rings is 3. The molecule has 0 radical (unpaired) electrons. The first-order valence-electron chi connectivity index (χ1n) is 9.27. The number of rotatable bonds is 3. The van der Waals surface area contributed by atoms with Gasteiger partial charge in [0.05, 0.1) is 21.7 Å². The number of aromatic nitrogens is 1. The zero-order valence-corrected chi connectivity index (χ0v) is 16.7. The molecule has 1 aliphatic carbocycles. The number of hydrogen-bond donors (Lipinski definition) is 1. The van der Waals surface area contributed by atoms with E-state index in [1.807, 2.05) is 6.07 Å². The van der Waals surface area contributed by atoms with Crippen molar-refractivity contribution in [2.75, 3.05) is 4.72 Å². The zero-order valence-electron chi connectivity index (χ0n) is 15.9. The minimum atomic E-state index is -3.89. The molecular formula is C23H16N2O4S. The average Bonchev–Trinajstić information content (AvgIpc) is 2.75. The molecule has 1 heterocycles. The molecule has 0 spiro atoms. The Labute approximate surface area is 172 Å². The van der Waals surface area contributed by atoms with Crippen LogP contribution in [-0.2, 0) is 17.1 Å². The number of nitrogens with zero attached hydrogens (tertiary/aromatic N) is 1. The Balaban J connectivity index is 1.83. The molecule has 0 unspecified atom stereocenters. The van der Waals surface area contributed by atoms with Crippen LogP contribution >= 0.6 is 0 Å². The van der Waals surface area contributed by atoms with Gasteiger partial charge in [0.2, 0.25) is 0 Å². The predicted octanol–water partition coefficient (Wildman–Crippen LogP) is 3.55. The number of carbonyl (C=O) groups excluding carboxylic acids is 1. The van der Waals surface area contributed by atoms with E-state index in [0.717, 1.165) is 0 Å². The zero-order chi connectivity index (χ0) is 21.0. The van der Waals surface area contributed by atoms with Gasteiger partial charge in [-0.15, -0.1) is 0 Å². The smallest absolute Gasteiger partial charge is 0.261 e.